The molecule has 0 aliphatic rings. The van der Waals surface area contributed by atoms with E-state index in [0.29, 0.717) is 22.1 Å². The van der Waals surface area contributed by atoms with E-state index in [1.165, 1.54) is 13.2 Å². The SMILES string of the molecule is COc1ccc(Cl)cc1NC(=O)CCNc1ccccc1[N+](=O)[O-]. The maximum atomic E-state index is 12.0. The lowest BCUT2D eigenvalue weighted by Gasteiger charge is -2.11. The van der Waals surface area contributed by atoms with Crippen LogP contribution in [0.4, 0.5) is 17.1 Å². The number of nitrogens with one attached hydrogen (secondary N) is 2. The van der Waals surface area contributed by atoms with Crippen molar-refractivity contribution >= 4 is 34.6 Å². The highest BCUT2D eigenvalue weighted by Crippen LogP contribution is 2.28. The standard InChI is InChI=1S/C16H16ClN3O4/c1-24-15-7-6-11(17)10-13(15)19-16(21)8-9-18-12-4-2-3-5-14(12)20(22)23/h2-7,10,18H,8-9H2,1H3,(H,19,21). The summed E-state index contributed by atoms with van der Waals surface area (Å²) in [4.78, 5) is 22.5. The van der Waals surface area contributed by atoms with Crippen LogP contribution in [0.5, 0.6) is 5.75 Å². The molecule has 0 aliphatic carbocycles. The quantitative estimate of drug-likeness (QED) is 0.587. The van der Waals surface area contributed by atoms with Crippen molar-refractivity contribution in [1.29, 1.82) is 0 Å². The first-order chi connectivity index (χ1) is 11.5. The fourth-order valence-corrected chi connectivity index (χ4v) is 2.26. The summed E-state index contributed by atoms with van der Waals surface area (Å²) in [6.07, 6.45) is 0.127. The van der Waals surface area contributed by atoms with Crippen molar-refractivity contribution in [2.75, 3.05) is 24.3 Å². The largest absolute Gasteiger partial charge is 0.495 e. The number of nitro benzene ring substituents is 1. The lowest BCUT2D eigenvalue weighted by Crippen LogP contribution is -2.17. The molecule has 24 heavy (non-hydrogen) atoms. The average Bonchev–Trinajstić information content (AvgIpc) is 2.55. The Bertz CT molecular complexity index is 752. The van der Waals surface area contributed by atoms with E-state index in [1.807, 2.05) is 0 Å². The van der Waals surface area contributed by atoms with Crippen LogP contribution < -0.4 is 15.4 Å². The zero-order valence-corrected chi connectivity index (χ0v) is 13.7. The maximum absolute atomic E-state index is 12.0. The Balaban J connectivity index is 1.93. The molecule has 0 fully saturated rings. The molecule has 2 N–H and O–H groups in total. The summed E-state index contributed by atoms with van der Waals surface area (Å²) in [6, 6.07) is 11.2. The number of nitrogens with zero attached hydrogens (tertiary/aromatic N) is 1. The summed E-state index contributed by atoms with van der Waals surface area (Å²) in [6.45, 7) is 0.250. The molecule has 0 aliphatic heterocycles. The first kappa shape index (κ1) is 17.6. The van der Waals surface area contributed by atoms with Crippen LogP contribution in [-0.4, -0.2) is 24.5 Å². The molecular weight excluding hydrogens is 334 g/mol. The van der Waals surface area contributed by atoms with E-state index in [1.54, 1.807) is 36.4 Å². The fourth-order valence-electron chi connectivity index (χ4n) is 2.08. The minimum absolute atomic E-state index is 0.0329. The van der Waals surface area contributed by atoms with Gasteiger partial charge in [-0.25, -0.2) is 0 Å². The lowest BCUT2D eigenvalue weighted by molar-refractivity contribution is -0.384. The number of para-hydroxylation sites is 2. The van der Waals surface area contributed by atoms with Gasteiger partial charge in [0.25, 0.3) is 5.69 Å². The Morgan fingerprint density at radius 3 is 2.71 bits per heavy atom. The van der Waals surface area contributed by atoms with E-state index in [9.17, 15) is 14.9 Å². The summed E-state index contributed by atoms with van der Waals surface area (Å²) in [5, 5.41) is 17.0. The summed E-state index contributed by atoms with van der Waals surface area (Å²) >= 11 is 5.91. The molecule has 0 spiro atoms. The van der Waals surface area contributed by atoms with Gasteiger partial charge < -0.3 is 15.4 Å². The van der Waals surface area contributed by atoms with E-state index >= 15 is 0 Å². The van der Waals surface area contributed by atoms with Gasteiger partial charge in [-0.3, -0.25) is 14.9 Å². The lowest BCUT2D eigenvalue weighted by atomic mass is 10.2. The number of methoxy groups -OCH3 is 1. The van der Waals surface area contributed by atoms with Gasteiger partial charge in [-0.05, 0) is 24.3 Å². The number of rotatable bonds is 7. The normalized spacial score (nSPS) is 10.1. The fraction of sp³-hybridized carbons (Fsp3) is 0.188. The Labute approximate surface area is 143 Å². The monoisotopic (exact) mass is 349 g/mol. The van der Waals surface area contributed by atoms with Gasteiger partial charge in [0.2, 0.25) is 5.91 Å². The topological polar surface area (TPSA) is 93.5 Å². The number of nitro groups is 1. The van der Waals surface area contributed by atoms with Crippen molar-refractivity contribution in [2.45, 2.75) is 6.42 Å². The van der Waals surface area contributed by atoms with Crippen LogP contribution in [-0.2, 0) is 4.79 Å². The van der Waals surface area contributed by atoms with E-state index in [2.05, 4.69) is 10.6 Å². The van der Waals surface area contributed by atoms with Gasteiger partial charge in [-0.2, -0.15) is 0 Å². The summed E-state index contributed by atoms with van der Waals surface area (Å²) < 4.78 is 5.15. The Hall–Kier alpha value is -2.80. The van der Waals surface area contributed by atoms with Crippen molar-refractivity contribution in [3.05, 3.63) is 57.6 Å². The third kappa shape index (κ3) is 4.60. The van der Waals surface area contributed by atoms with Gasteiger partial charge in [0, 0.05) is 24.1 Å². The first-order valence-electron chi connectivity index (χ1n) is 7.12. The predicted octanol–water partition coefficient (Wildman–Crippen LogP) is 3.70. The number of carbonyl (C=O) groups excluding carboxylic acids is 1. The Morgan fingerprint density at radius 1 is 1.25 bits per heavy atom. The molecule has 2 aromatic carbocycles. The first-order valence-corrected chi connectivity index (χ1v) is 7.49. The Morgan fingerprint density at radius 2 is 2.00 bits per heavy atom. The zero-order valence-electron chi connectivity index (χ0n) is 12.9. The zero-order chi connectivity index (χ0) is 17.5. The van der Waals surface area contributed by atoms with Crippen LogP contribution in [0.3, 0.4) is 0 Å². The number of anilines is 2. The second-order valence-corrected chi connectivity index (χ2v) is 5.28. The number of hydrogen-bond donors (Lipinski definition) is 2. The van der Waals surface area contributed by atoms with Crippen molar-refractivity contribution in [2.24, 2.45) is 0 Å². The van der Waals surface area contributed by atoms with E-state index in [-0.39, 0.29) is 24.6 Å². The molecule has 0 atom stereocenters. The molecule has 8 heteroatoms. The summed E-state index contributed by atoms with van der Waals surface area (Å²) in [5.41, 5.74) is 0.811. The second-order valence-electron chi connectivity index (χ2n) is 4.84. The van der Waals surface area contributed by atoms with Crippen LogP contribution in [0.1, 0.15) is 6.42 Å². The van der Waals surface area contributed by atoms with Crippen LogP contribution in [0.25, 0.3) is 0 Å². The van der Waals surface area contributed by atoms with E-state index in [0.717, 1.165) is 0 Å². The summed E-state index contributed by atoms with van der Waals surface area (Å²) in [5.74, 6) is 0.237. The number of carbonyl (C=O) groups is 1. The minimum Gasteiger partial charge on any atom is -0.495 e. The number of benzene rings is 2. The molecule has 0 aromatic heterocycles. The van der Waals surface area contributed by atoms with Gasteiger partial charge >= 0.3 is 0 Å². The van der Waals surface area contributed by atoms with Crippen molar-refractivity contribution < 1.29 is 14.5 Å². The third-order valence-electron chi connectivity index (χ3n) is 3.20. The molecule has 0 saturated heterocycles. The molecule has 0 unspecified atom stereocenters. The molecule has 2 rings (SSSR count). The molecule has 0 radical (unpaired) electrons. The second kappa shape index (κ2) is 8.16. The van der Waals surface area contributed by atoms with Crippen LogP contribution in [0.15, 0.2) is 42.5 Å². The van der Waals surface area contributed by atoms with Gasteiger partial charge in [0.15, 0.2) is 0 Å². The molecule has 126 valence electrons. The molecule has 1 amide bonds. The van der Waals surface area contributed by atoms with Gasteiger partial charge in [0.1, 0.15) is 11.4 Å². The Kier molecular flexibility index (Phi) is 5.97. The minimum atomic E-state index is -0.473. The van der Waals surface area contributed by atoms with Gasteiger partial charge in [-0.15, -0.1) is 0 Å². The van der Waals surface area contributed by atoms with Crippen LogP contribution in [0.2, 0.25) is 5.02 Å². The van der Waals surface area contributed by atoms with Crippen molar-refractivity contribution in [3.8, 4) is 5.75 Å². The molecule has 7 nitrogen and oxygen atoms in total. The highest BCUT2D eigenvalue weighted by molar-refractivity contribution is 6.31. The van der Waals surface area contributed by atoms with Crippen LogP contribution in [0, 0.1) is 10.1 Å². The molecule has 2 aromatic rings. The highest BCUT2D eigenvalue weighted by Gasteiger charge is 2.13. The predicted molar refractivity (Wildman–Crippen MR) is 92.8 cm³/mol. The molecule has 0 bridgehead atoms. The molecule has 0 heterocycles. The number of hydrogen-bond acceptors (Lipinski definition) is 5. The molecule has 0 saturated carbocycles. The number of ether oxygens (including phenoxy) is 1. The van der Waals surface area contributed by atoms with Crippen molar-refractivity contribution in [1.82, 2.24) is 0 Å². The smallest absolute Gasteiger partial charge is 0.292 e. The van der Waals surface area contributed by atoms with Crippen molar-refractivity contribution in [3.63, 3.8) is 0 Å². The highest BCUT2D eigenvalue weighted by atomic mass is 35.5. The maximum Gasteiger partial charge on any atom is 0.292 e. The third-order valence-corrected chi connectivity index (χ3v) is 3.44. The van der Waals surface area contributed by atoms with E-state index in [4.69, 9.17) is 16.3 Å². The van der Waals surface area contributed by atoms with Gasteiger partial charge in [0.05, 0.1) is 17.7 Å². The van der Waals surface area contributed by atoms with E-state index < -0.39 is 4.92 Å². The summed E-state index contributed by atoms with van der Waals surface area (Å²) in [7, 11) is 1.50. The van der Waals surface area contributed by atoms with Gasteiger partial charge in [-0.1, -0.05) is 23.7 Å². The van der Waals surface area contributed by atoms with Crippen LogP contribution >= 0.6 is 11.6 Å². The average molecular weight is 350 g/mol. The molecular formula is C16H16ClN3O4. The number of amides is 1. The number of halogens is 1.